The van der Waals surface area contributed by atoms with Crippen molar-refractivity contribution in [2.75, 3.05) is 12.0 Å². The van der Waals surface area contributed by atoms with Gasteiger partial charge in [0.2, 0.25) is 0 Å². The van der Waals surface area contributed by atoms with Gasteiger partial charge in [-0.2, -0.15) is 5.10 Å². The normalized spacial score (nSPS) is 18.9. The molecule has 1 aliphatic rings. The summed E-state index contributed by atoms with van der Waals surface area (Å²) in [4.78, 5) is 0. The lowest BCUT2D eigenvalue weighted by atomic mass is 10.2. The first-order valence-electron chi connectivity index (χ1n) is 5.66. The topological polar surface area (TPSA) is 36.4 Å². The first-order chi connectivity index (χ1) is 7.84. The summed E-state index contributed by atoms with van der Waals surface area (Å²) in [6, 6.07) is 7.57. The van der Waals surface area contributed by atoms with Crippen LogP contribution in [0.4, 0.5) is 5.69 Å². The van der Waals surface area contributed by atoms with Crippen molar-refractivity contribution in [1.82, 2.24) is 5.32 Å². The minimum Gasteiger partial charge on any atom is -0.372 e. The molecule has 0 aliphatic carbocycles. The Labute approximate surface area is 101 Å². The van der Waals surface area contributed by atoms with E-state index in [1.165, 1.54) is 19.3 Å². The minimum absolute atomic E-state index is 0.721. The molecule has 0 amide bonds. The van der Waals surface area contributed by atoms with E-state index in [-0.39, 0.29) is 0 Å². The van der Waals surface area contributed by atoms with Crippen LogP contribution in [0.2, 0.25) is 5.02 Å². The van der Waals surface area contributed by atoms with Crippen molar-refractivity contribution in [3.63, 3.8) is 0 Å². The number of benzene rings is 1. The van der Waals surface area contributed by atoms with E-state index in [4.69, 9.17) is 11.6 Å². The highest BCUT2D eigenvalue weighted by molar-refractivity contribution is 6.30. The number of rotatable bonds is 2. The van der Waals surface area contributed by atoms with Crippen molar-refractivity contribution in [2.24, 2.45) is 5.10 Å². The lowest BCUT2D eigenvalue weighted by molar-refractivity contribution is 0.721. The van der Waals surface area contributed by atoms with E-state index in [2.05, 4.69) is 15.8 Å². The SMILES string of the molecule is Clc1cccc(NN=C2CCCCCN2)c1. The lowest BCUT2D eigenvalue weighted by Gasteiger charge is -2.06. The molecule has 0 saturated carbocycles. The number of nitrogens with one attached hydrogen (secondary N) is 2. The molecule has 3 nitrogen and oxygen atoms in total. The van der Waals surface area contributed by atoms with E-state index in [1.807, 2.05) is 24.3 Å². The van der Waals surface area contributed by atoms with E-state index >= 15 is 0 Å². The van der Waals surface area contributed by atoms with Crippen molar-refractivity contribution < 1.29 is 0 Å². The summed E-state index contributed by atoms with van der Waals surface area (Å²) in [5, 5.41) is 8.39. The van der Waals surface area contributed by atoms with Crippen LogP contribution in [0.1, 0.15) is 25.7 Å². The zero-order chi connectivity index (χ0) is 11.2. The molecule has 0 bridgehead atoms. The number of anilines is 1. The Bertz CT molecular complexity index is 366. The summed E-state index contributed by atoms with van der Waals surface area (Å²) in [7, 11) is 0. The number of hydrogen-bond donors (Lipinski definition) is 2. The van der Waals surface area contributed by atoms with E-state index in [0.29, 0.717) is 0 Å². The van der Waals surface area contributed by atoms with E-state index < -0.39 is 0 Å². The first-order valence-corrected chi connectivity index (χ1v) is 6.04. The Kier molecular flexibility index (Phi) is 4.05. The van der Waals surface area contributed by atoms with Gasteiger partial charge in [-0.3, -0.25) is 5.43 Å². The van der Waals surface area contributed by atoms with Gasteiger partial charge in [-0.15, -0.1) is 0 Å². The summed E-state index contributed by atoms with van der Waals surface area (Å²) in [6.45, 7) is 1.02. The number of halogens is 1. The maximum Gasteiger partial charge on any atom is 0.122 e. The average molecular weight is 238 g/mol. The third kappa shape index (κ3) is 3.42. The number of nitrogens with zero attached hydrogens (tertiary/aromatic N) is 1. The first kappa shape index (κ1) is 11.3. The monoisotopic (exact) mass is 237 g/mol. The van der Waals surface area contributed by atoms with Crippen LogP contribution in [-0.2, 0) is 0 Å². The molecule has 1 heterocycles. The standard InChI is InChI=1S/C12H16ClN3/c13-10-5-4-6-11(9-10)15-16-12-7-2-1-3-8-14-12/h4-6,9,15H,1-3,7-8H2,(H,14,16). The second-order valence-corrected chi connectivity index (χ2v) is 4.35. The second kappa shape index (κ2) is 5.75. The summed E-state index contributed by atoms with van der Waals surface area (Å²) >= 11 is 5.89. The number of hydrazone groups is 1. The summed E-state index contributed by atoms with van der Waals surface area (Å²) in [5.41, 5.74) is 3.95. The molecular weight excluding hydrogens is 222 g/mol. The molecule has 0 unspecified atom stereocenters. The molecule has 0 aromatic heterocycles. The summed E-state index contributed by atoms with van der Waals surface area (Å²) in [6.07, 6.45) is 4.75. The van der Waals surface area contributed by atoms with Crippen LogP contribution in [0.3, 0.4) is 0 Å². The fourth-order valence-electron chi connectivity index (χ4n) is 1.70. The van der Waals surface area contributed by atoms with E-state index in [0.717, 1.165) is 29.5 Å². The molecule has 4 heteroatoms. The fraction of sp³-hybridized carbons (Fsp3) is 0.417. The van der Waals surface area contributed by atoms with Crippen LogP contribution in [-0.4, -0.2) is 12.4 Å². The Morgan fingerprint density at radius 2 is 2.19 bits per heavy atom. The molecule has 0 spiro atoms. The van der Waals surface area contributed by atoms with Crippen LogP contribution in [0.25, 0.3) is 0 Å². The minimum atomic E-state index is 0.721. The van der Waals surface area contributed by atoms with Gasteiger partial charge >= 0.3 is 0 Å². The zero-order valence-corrected chi connectivity index (χ0v) is 9.93. The van der Waals surface area contributed by atoms with Crippen LogP contribution in [0.15, 0.2) is 29.4 Å². The molecule has 0 radical (unpaired) electrons. The van der Waals surface area contributed by atoms with Gasteiger partial charge in [0.1, 0.15) is 5.84 Å². The Hall–Kier alpha value is -1.22. The highest BCUT2D eigenvalue weighted by atomic mass is 35.5. The van der Waals surface area contributed by atoms with Crippen LogP contribution in [0.5, 0.6) is 0 Å². The zero-order valence-electron chi connectivity index (χ0n) is 9.17. The molecule has 1 saturated heterocycles. The van der Waals surface area contributed by atoms with E-state index in [1.54, 1.807) is 0 Å². The van der Waals surface area contributed by atoms with Gasteiger partial charge in [0.15, 0.2) is 0 Å². The Morgan fingerprint density at radius 1 is 1.25 bits per heavy atom. The molecule has 0 atom stereocenters. The molecule has 1 aliphatic heterocycles. The third-order valence-electron chi connectivity index (χ3n) is 2.56. The highest BCUT2D eigenvalue weighted by Gasteiger charge is 2.03. The molecule has 1 aromatic carbocycles. The maximum atomic E-state index is 5.89. The molecule has 2 N–H and O–H groups in total. The van der Waals surface area contributed by atoms with Crippen LogP contribution < -0.4 is 10.7 Å². The third-order valence-corrected chi connectivity index (χ3v) is 2.80. The molecule has 86 valence electrons. The largest absolute Gasteiger partial charge is 0.372 e. The van der Waals surface area contributed by atoms with E-state index in [9.17, 15) is 0 Å². The quantitative estimate of drug-likeness (QED) is 0.775. The van der Waals surface area contributed by atoms with Gasteiger partial charge in [0.25, 0.3) is 0 Å². The lowest BCUT2D eigenvalue weighted by Crippen LogP contribution is -2.23. The van der Waals surface area contributed by atoms with Crippen molar-refractivity contribution in [1.29, 1.82) is 0 Å². The van der Waals surface area contributed by atoms with Gasteiger partial charge in [0.05, 0.1) is 5.69 Å². The maximum absolute atomic E-state index is 5.89. The van der Waals surface area contributed by atoms with Crippen molar-refractivity contribution in [3.8, 4) is 0 Å². The van der Waals surface area contributed by atoms with Gasteiger partial charge in [-0.25, -0.2) is 0 Å². The Balaban J connectivity index is 1.96. The molecule has 16 heavy (non-hydrogen) atoms. The van der Waals surface area contributed by atoms with Crippen molar-refractivity contribution in [3.05, 3.63) is 29.3 Å². The average Bonchev–Trinajstić information content (AvgIpc) is 2.55. The second-order valence-electron chi connectivity index (χ2n) is 3.92. The van der Waals surface area contributed by atoms with Gasteiger partial charge < -0.3 is 5.32 Å². The summed E-state index contributed by atoms with van der Waals surface area (Å²) < 4.78 is 0. The highest BCUT2D eigenvalue weighted by Crippen LogP contribution is 2.15. The molecular formula is C12H16ClN3. The predicted molar refractivity (Wildman–Crippen MR) is 69.0 cm³/mol. The van der Waals surface area contributed by atoms with Crippen molar-refractivity contribution in [2.45, 2.75) is 25.7 Å². The summed E-state index contributed by atoms with van der Waals surface area (Å²) in [5.74, 6) is 1.04. The predicted octanol–water partition coefficient (Wildman–Crippen LogP) is 3.23. The molecule has 1 fully saturated rings. The molecule has 2 rings (SSSR count). The van der Waals surface area contributed by atoms with Gasteiger partial charge in [-0.1, -0.05) is 24.1 Å². The van der Waals surface area contributed by atoms with Gasteiger partial charge in [-0.05, 0) is 31.0 Å². The number of amidine groups is 1. The van der Waals surface area contributed by atoms with Crippen molar-refractivity contribution >= 4 is 23.1 Å². The van der Waals surface area contributed by atoms with Gasteiger partial charge in [0, 0.05) is 18.0 Å². The Morgan fingerprint density at radius 3 is 3.06 bits per heavy atom. The van der Waals surface area contributed by atoms with Crippen LogP contribution >= 0.6 is 11.6 Å². The van der Waals surface area contributed by atoms with Crippen LogP contribution in [0, 0.1) is 0 Å². The number of hydrogen-bond acceptors (Lipinski definition) is 2. The smallest absolute Gasteiger partial charge is 0.122 e. The molecule has 1 aromatic rings. The fourth-order valence-corrected chi connectivity index (χ4v) is 1.89.